The van der Waals surface area contributed by atoms with E-state index in [9.17, 15) is 9.18 Å². The minimum absolute atomic E-state index is 0.0871. The van der Waals surface area contributed by atoms with Crippen LogP contribution in [0.2, 0.25) is 0 Å². The first-order valence-corrected chi connectivity index (χ1v) is 8.92. The zero-order valence-electron chi connectivity index (χ0n) is 12.6. The summed E-state index contributed by atoms with van der Waals surface area (Å²) in [6.07, 6.45) is 4.29. The van der Waals surface area contributed by atoms with Crippen molar-refractivity contribution in [2.45, 2.75) is 12.8 Å². The number of likely N-dealkylation sites (tertiary alicyclic amines) is 1. The molecule has 0 N–H and O–H groups in total. The first kappa shape index (κ1) is 15.3. The number of carbonyl (C=O) groups is 1. The SMILES string of the molecule is CSCC1CCCN(C(=O)c2ccc3cccc(F)c3n2)C1. The van der Waals surface area contributed by atoms with Gasteiger partial charge in [-0.15, -0.1) is 0 Å². The standard InChI is InChI=1S/C17H19FN2OS/c1-22-11-12-4-3-9-20(10-12)17(21)15-8-7-13-5-2-6-14(18)16(13)19-15/h2,5-8,12H,3-4,9-11H2,1H3. The van der Waals surface area contributed by atoms with Gasteiger partial charge in [-0.3, -0.25) is 4.79 Å². The largest absolute Gasteiger partial charge is 0.337 e. The number of amides is 1. The lowest BCUT2D eigenvalue weighted by Gasteiger charge is -2.32. The van der Waals surface area contributed by atoms with Crippen LogP contribution in [-0.2, 0) is 0 Å². The molecule has 1 amide bonds. The summed E-state index contributed by atoms with van der Waals surface area (Å²) in [4.78, 5) is 18.7. The van der Waals surface area contributed by atoms with Gasteiger partial charge in [0.2, 0.25) is 0 Å². The number of fused-ring (bicyclic) bond motifs is 1. The third-order valence-electron chi connectivity index (χ3n) is 4.10. The van der Waals surface area contributed by atoms with E-state index < -0.39 is 0 Å². The van der Waals surface area contributed by atoms with E-state index in [0.717, 1.165) is 30.6 Å². The fourth-order valence-corrected chi connectivity index (χ4v) is 3.76. The molecule has 1 unspecified atom stereocenters. The number of nitrogens with zero attached hydrogens (tertiary/aromatic N) is 2. The zero-order valence-corrected chi connectivity index (χ0v) is 13.4. The van der Waals surface area contributed by atoms with Gasteiger partial charge in [-0.1, -0.05) is 18.2 Å². The van der Waals surface area contributed by atoms with Crippen molar-refractivity contribution in [3.63, 3.8) is 0 Å². The van der Waals surface area contributed by atoms with Crippen molar-refractivity contribution in [3.05, 3.63) is 41.8 Å². The van der Waals surface area contributed by atoms with Crippen molar-refractivity contribution in [2.75, 3.05) is 25.1 Å². The molecule has 0 aliphatic carbocycles. The summed E-state index contributed by atoms with van der Waals surface area (Å²) in [7, 11) is 0. The molecular weight excluding hydrogens is 299 g/mol. The van der Waals surface area contributed by atoms with E-state index in [1.54, 1.807) is 24.3 Å². The normalized spacial score (nSPS) is 18.6. The van der Waals surface area contributed by atoms with Gasteiger partial charge in [0.1, 0.15) is 17.0 Å². The molecule has 22 heavy (non-hydrogen) atoms. The molecule has 1 fully saturated rings. The first-order chi connectivity index (χ1) is 10.7. The second-order valence-electron chi connectivity index (χ2n) is 5.72. The van der Waals surface area contributed by atoms with Gasteiger partial charge in [0.25, 0.3) is 5.91 Å². The molecule has 1 aromatic carbocycles. The minimum atomic E-state index is -0.383. The van der Waals surface area contributed by atoms with Crippen molar-refractivity contribution < 1.29 is 9.18 Å². The van der Waals surface area contributed by atoms with E-state index in [0.29, 0.717) is 11.6 Å². The van der Waals surface area contributed by atoms with Crippen LogP contribution < -0.4 is 0 Å². The van der Waals surface area contributed by atoms with Crippen LogP contribution in [0, 0.1) is 11.7 Å². The molecule has 1 aromatic heterocycles. The summed E-state index contributed by atoms with van der Waals surface area (Å²) < 4.78 is 13.8. The lowest BCUT2D eigenvalue weighted by Crippen LogP contribution is -2.40. The predicted molar refractivity (Wildman–Crippen MR) is 88.7 cm³/mol. The fourth-order valence-electron chi connectivity index (χ4n) is 3.01. The van der Waals surface area contributed by atoms with Gasteiger partial charge in [-0.2, -0.15) is 11.8 Å². The number of rotatable bonds is 3. The second kappa shape index (κ2) is 6.65. The minimum Gasteiger partial charge on any atom is -0.337 e. The van der Waals surface area contributed by atoms with Crippen LogP contribution in [0.4, 0.5) is 4.39 Å². The molecule has 3 nitrogen and oxygen atoms in total. The summed E-state index contributed by atoms with van der Waals surface area (Å²) in [5.74, 6) is 1.15. The molecule has 0 bridgehead atoms. The average molecular weight is 318 g/mol. The predicted octanol–water partition coefficient (Wildman–Crippen LogP) is 3.59. The van der Waals surface area contributed by atoms with E-state index in [1.165, 1.54) is 12.5 Å². The van der Waals surface area contributed by atoms with Gasteiger partial charge in [0.15, 0.2) is 0 Å². The van der Waals surface area contributed by atoms with Crippen molar-refractivity contribution in [3.8, 4) is 0 Å². The summed E-state index contributed by atoms with van der Waals surface area (Å²) in [6, 6.07) is 8.29. The molecule has 3 rings (SSSR count). The molecular formula is C17H19FN2OS. The number of halogens is 1. The molecule has 2 heterocycles. The average Bonchev–Trinajstić information content (AvgIpc) is 2.55. The number of para-hydroxylation sites is 1. The Bertz CT molecular complexity index is 689. The maximum atomic E-state index is 13.8. The third-order valence-corrected chi connectivity index (χ3v) is 4.90. The molecule has 0 spiro atoms. The number of piperidine rings is 1. The Balaban J connectivity index is 1.84. The number of benzene rings is 1. The maximum absolute atomic E-state index is 13.8. The maximum Gasteiger partial charge on any atom is 0.272 e. The van der Waals surface area contributed by atoms with Crippen molar-refractivity contribution in [1.29, 1.82) is 0 Å². The topological polar surface area (TPSA) is 33.2 Å². The van der Waals surface area contributed by atoms with Gasteiger partial charge >= 0.3 is 0 Å². The van der Waals surface area contributed by atoms with E-state index in [2.05, 4.69) is 11.2 Å². The van der Waals surface area contributed by atoms with Crippen LogP contribution in [0.15, 0.2) is 30.3 Å². The highest BCUT2D eigenvalue weighted by Crippen LogP contribution is 2.22. The second-order valence-corrected chi connectivity index (χ2v) is 6.63. The summed E-state index contributed by atoms with van der Waals surface area (Å²) in [5.41, 5.74) is 0.605. The molecule has 1 aliphatic rings. The fraction of sp³-hybridized carbons (Fsp3) is 0.412. The number of hydrogen-bond donors (Lipinski definition) is 0. The Morgan fingerprint density at radius 3 is 3.09 bits per heavy atom. The number of aromatic nitrogens is 1. The van der Waals surface area contributed by atoms with Gasteiger partial charge in [-0.25, -0.2) is 9.37 Å². The van der Waals surface area contributed by atoms with Crippen LogP contribution >= 0.6 is 11.8 Å². The zero-order chi connectivity index (χ0) is 15.5. The van der Waals surface area contributed by atoms with Crippen molar-refractivity contribution in [2.24, 2.45) is 5.92 Å². The molecule has 1 saturated heterocycles. The van der Waals surface area contributed by atoms with Crippen LogP contribution in [0.25, 0.3) is 10.9 Å². The number of hydrogen-bond acceptors (Lipinski definition) is 3. The monoisotopic (exact) mass is 318 g/mol. The van der Waals surface area contributed by atoms with Gasteiger partial charge < -0.3 is 4.90 Å². The van der Waals surface area contributed by atoms with E-state index in [-0.39, 0.29) is 17.2 Å². The number of carbonyl (C=O) groups excluding carboxylic acids is 1. The van der Waals surface area contributed by atoms with Gasteiger partial charge in [-0.05, 0) is 42.9 Å². The lowest BCUT2D eigenvalue weighted by atomic mass is 9.99. The highest BCUT2D eigenvalue weighted by Gasteiger charge is 2.25. The molecule has 1 aliphatic heterocycles. The van der Waals surface area contributed by atoms with Crippen LogP contribution in [0.3, 0.4) is 0 Å². The Morgan fingerprint density at radius 2 is 2.27 bits per heavy atom. The van der Waals surface area contributed by atoms with Crippen molar-refractivity contribution in [1.82, 2.24) is 9.88 Å². The van der Waals surface area contributed by atoms with Gasteiger partial charge in [0, 0.05) is 18.5 Å². The van der Waals surface area contributed by atoms with E-state index in [1.807, 2.05) is 16.7 Å². The van der Waals surface area contributed by atoms with Crippen LogP contribution in [0.1, 0.15) is 23.3 Å². The number of thioether (sulfide) groups is 1. The molecule has 1 atom stereocenters. The molecule has 5 heteroatoms. The van der Waals surface area contributed by atoms with Crippen LogP contribution in [-0.4, -0.2) is 40.9 Å². The Kier molecular flexibility index (Phi) is 4.62. The molecule has 116 valence electrons. The summed E-state index contributed by atoms with van der Waals surface area (Å²) in [6.45, 7) is 1.54. The first-order valence-electron chi connectivity index (χ1n) is 7.52. The smallest absolute Gasteiger partial charge is 0.272 e. The third kappa shape index (κ3) is 3.09. The van der Waals surface area contributed by atoms with E-state index in [4.69, 9.17) is 0 Å². The molecule has 2 aromatic rings. The number of pyridine rings is 1. The summed E-state index contributed by atoms with van der Waals surface area (Å²) >= 11 is 1.82. The van der Waals surface area contributed by atoms with Crippen LogP contribution in [0.5, 0.6) is 0 Å². The molecule has 0 radical (unpaired) electrons. The van der Waals surface area contributed by atoms with E-state index >= 15 is 0 Å². The Morgan fingerprint density at radius 1 is 1.41 bits per heavy atom. The lowest BCUT2D eigenvalue weighted by molar-refractivity contribution is 0.0680. The highest BCUT2D eigenvalue weighted by atomic mass is 32.2. The Hall–Kier alpha value is -1.62. The quantitative estimate of drug-likeness (QED) is 0.867. The molecule has 0 saturated carbocycles. The van der Waals surface area contributed by atoms with Crippen molar-refractivity contribution >= 4 is 28.6 Å². The highest BCUT2D eigenvalue weighted by molar-refractivity contribution is 7.98. The van der Waals surface area contributed by atoms with Gasteiger partial charge in [0.05, 0.1) is 0 Å². The summed E-state index contributed by atoms with van der Waals surface area (Å²) in [5, 5.41) is 0.718. The Labute approximate surface area is 133 Å².